The van der Waals surface area contributed by atoms with E-state index in [1.165, 1.54) is 23.9 Å². The van der Waals surface area contributed by atoms with Gasteiger partial charge in [0.2, 0.25) is 0 Å². The predicted octanol–water partition coefficient (Wildman–Crippen LogP) is 4.80. The van der Waals surface area contributed by atoms with Crippen LogP contribution in [0.5, 0.6) is 0 Å². The van der Waals surface area contributed by atoms with Crippen molar-refractivity contribution in [2.45, 2.75) is 24.8 Å². The van der Waals surface area contributed by atoms with E-state index in [-0.39, 0.29) is 17.1 Å². The standard InChI is InChI=1S/C20H19BrFNO3S/c1-2-11-26-20(25)17-12-27-19(14-5-9-16(22)10-6-14)23(17)18(24)13-3-7-15(21)8-4-13/h3-10,17,19H,2,11-12H2,1H3. The minimum atomic E-state index is -0.673. The summed E-state index contributed by atoms with van der Waals surface area (Å²) in [6.45, 7) is 2.24. The number of amides is 1. The van der Waals surface area contributed by atoms with Gasteiger partial charge in [-0.1, -0.05) is 35.0 Å². The number of ether oxygens (including phenoxy) is 1. The Balaban J connectivity index is 1.93. The number of carbonyl (C=O) groups excluding carboxylic acids is 2. The highest BCUT2D eigenvalue weighted by Crippen LogP contribution is 2.42. The summed E-state index contributed by atoms with van der Waals surface area (Å²) in [5, 5.41) is -0.374. The molecule has 4 nitrogen and oxygen atoms in total. The zero-order chi connectivity index (χ0) is 19.4. The Morgan fingerprint density at radius 1 is 1.19 bits per heavy atom. The van der Waals surface area contributed by atoms with E-state index in [9.17, 15) is 14.0 Å². The molecule has 1 amide bonds. The molecule has 2 aromatic carbocycles. The second-order valence-electron chi connectivity index (χ2n) is 6.14. The van der Waals surface area contributed by atoms with Gasteiger partial charge in [-0.05, 0) is 48.4 Å². The Morgan fingerprint density at radius 3 is 2.48 bits per heavy atom. The summed E-state index contributed by atoms with van der Waals surface area (Å²) in [5.41, 5.74) is 1.26. The van der Waals surface area contributed by atoms with Crippen molar-refractivity contribution in [3.63, 3.8) is 0 Å². The van der Waals surface area contributed by atoms with E-state index >= 15 is 0 Å². The normalized spacial score (nSPS) is 19.1. The summed E-state index contributed by atoms with van der Waals surface area (Å²) < 4.78 is 19.5. The van der Waals surface area contributed by atoms with E-state index in [1.54, 1.807) is 41.3 Å². The van der Waals surface area contributed by atoms with Crippen LogP contribution in [0.15, 0.2) is 53.0 Å². The molecule has 3 rings (SSSR count). The van der Waals surface area contributed by atoms with Crippen LogP contribution in [0.4, 0.5) is 4.39 Å². The molecule has 27 heavy (non-hydrogen) atoms. The van der Waals surface area contributed by atoms with E-state index in [1.807, 2.05) is 6.92 Å². The van der Waals surface area contributed by atoms with Crippen LogP contribution >= 0.6 is 27.7 Å². The van der Waals surface area contributed by atoms with E-state index in [2.05, 4.69) is 15.9 Å². The van der Waals surface area contributed by atoms with Crippen LogP contribution in [-0.2, 0) is 9.53 Å². The molecule has 0 aliphatic carbocycles. The molecule has 1 aliphatic rings. The zero-order valence-electron chi connectivity index (χ0n) is 14.7. The molecule has 0 radical (unpaired) electrons. The van der Waals surface area contributed by atoms with E-state index in [0.29, 0.717) is 24.3 Å². The van der Waals surface area contributed by atoms with Crippen molar-refractivity contribution >= 4 is 39.6 Å². The average Bonchev–Trinajstić information content (AvgIpc) is 3.12. The maximum atomic E-state index is 13.3. The maximum Gasteiger partial charge on any atom is 0.329 e. The van der Waals surface area contributed by atoms with Crippen LogP contribution in [0.3, 0.4) is 0 Å². The largest absolute Gasteiger partial charge is 0.464 e. The summed E-state index contributed by atoms with van der Waals surface area (Å²) in [6.07, 6.45) is 0.716. The highest BCUT2D eigenvalue weighted by molar-refractivity contribution is 9.10. The van der Waals surface area contributed by atoms with Crippen molar-refractivity contribution in [3.8, 4) is 0 Å². The fraction of sp³-hybridized carbons (Fsp3) is 0.300. The Labute approximate surface area is 170 Å². The number of halogens is 2. The third-order valence-electron chi connectivity index (χ3n) is 4.20. The maximum absolute atomic E-state index is 13.3. The fourth-order valence-corrected chi connectivity index (χ4v) is 4.54. The lowest BCUT2D eigenvalue weighted by molar-refractivity contribution is -0.148. The molecule has 0 saturated carbocycles. The van der Waals surface area contributed by atoms with Gasteiger partial charge in [0, 0.05) is 15.8 Å². The molecular weight excluding hydrogens is 433 g/mol. The van der Waals surface area contributed by atoms with Gasteiger partial charge in [0.1, 0.15) is 17.2 Å². The van der Waals surface area contributed by atoms with Gasteiger partial charge in [0.25, 0.3) is 5.91 Å². The quantitative estimate of drug-likeness (QED) is 0.612. The molecule has 2 aromatic rings. The van der Waals surface area contributed by atoms with Crippen LogP contribution in [0, 0.1) is 5.82 Å². The monoisotopic (exact) mass is 451 g/mol. The number of rotatable bonds is 5. The lowest BCUT2D eigenvalue weighted by Gasteiger charge is -2.28. The van der Waals surface area contributed by atoms with Crippen LogP contribution in [0.25, 0.3) is 0 Å². The molecule has 7 heteroatoms. The number of hydrogen-bond acceptors (Lipinski definition) is 4. The molecule has 0 N–H and O–H groups in total. The second kappa shape index (κ2) is 8.89. The van der Waals surface area contributed by atoms with Crippen molar-refractivity contribution in [1.29, 1.82) is 0 Å². The summed E-state index contributed by atoms with van der Waals surface area (Å²) in [5.74, 6) is -0.557. The van der Waals surface area contributed by atoms with E-state index in [0.717, 1.165) is 10.0 Å². The third kappa shape index (κ3) is 4.52. The first-order chi connectivity index (χ1) is 13.0. The van der Waals surface area contributed by atoms with E-state index in [4.69, 9.17) is 4.74 Å². The smallest absolute Gasteiger partial charge is 0.329 e. The number of benzene rings is 2. The first-order valence-corrected chi connectivity index (χ1v) is 10.5. The number of carbonyl (C=O) groups is 2. The van der Waals surface area contributed by atoms with Crippen molar-refractivity contribution in [1.82, 2.24) is 4.90 Å². The Bertz CT molecular complexity index is 813. The number of hydrogen-bond donors (Lipinski definition) is 0. The van der Waals surface area contributed by atoms with Gasteiger partial charge in [-0.3, -0.25) is 4.79 Å². The third-order valence-corrected chi connectivity index (χ3v) is 6.05. The topological polar surface area (TPSA) is 46.6 Å². The highest BCUT2D eigenvalue weighted by atomic mass is 79.9. The molecular formula is C20H19BrFNO3S. The first kappa shape index (κ1) is 19.9. The molecule has 2 unspecified atom stereocenters. The Morgan fingerprint density at radius 2 is 1.85 bits per heavy atom. The Kier molecular flexibility index (Phi) is 6.55. The van der Waals surface area contributed by atoms with Crippen LogP contribution < -0.4 is 0 Å². The highest BCUT2D eigenvalue weighted by Gasteiger charge is 2.43. The van der Waals surface area contributed by atoms with Gasteiger partial charge < -0.3 is 9.64 Å². The Hall–Kier alpha value is -1.86. The summed E-state index contributed by atoms with van der Waals surface area (Å²) in [7, 11) is 0. The first-order valence-electron chi connectivity index (χ1n) is 8.63. The van der Waals surface area contributed by atoms with Gasteiger partial charge in [0.05, 0.1) is 6.61 Å². The van der Waals surface area contributed by atoms with Crippen molar-refractivity contribution < 1.29 is 18.7 Å². The van der Waals surface area contributed by atoms with Crippen molar-refractivity contribution in [2.75, 3.05) is 12.4 Å². The molecule has 1 saturated heterocycles. The fourth-order valence-electron chi connectivity index (χ4n) is 2.86. The van der Waals surface area contributed by atoms with Crippen LogP contribution in [0.1, 0.15) is 34.6 Å². The zero-order valence-corrected chi connectivity index (χ0v) is 17.1. The minimum absolute atomic E-state index is 0.250. The number of nitrogens with zero attached hydrogens (tertiary/aromatic N) is 1. The molecule has 1 heterocycles. The van der Waals surface area contributed by atoms with E-state index < -0.39 is 12.0 Å². The molecule has 0 bridgehead atoms. The van der Waals surface area contributed by atoms with Crippen molar-refractivity contribution in [3.05, 3.63) is 69.9 Å². The molecule has 1 aliphatic heterocycles. The number of esters is 1. The van der Waals surface area contributed by atoms with Crippen molar-refractivity contribution in [2.24, 2.45) is 0 Å². The molecule has 1 fully saturated rings. The lowest BCUT2D eigenvalue weighted by atomic mass is 10.1. The van der Waals surface area contributed by atoms with Crippen LogP contribution in [-0.4, -0.2) is 35.2 Å². The molecule has 2 atom stereocenters. The SMILES string of the molecule is CCCOC(=O)C1CSC(c2ccc(F)cc2)N1C(=O)c1ccc(Br)cc1. The lowest BCUT2D eigenvalue weighted by Crippen LogP contribution is -2.44. The minimum Gasteiger partial charge on any atom is -0.464 e. The average molecular weight is 452 g/mol. The summed E-state index contributed by atoms with van der Waals surface area (Å²) >= 11 is 4.84. The summed E-state index contributed by atoms with van der Waals surface area (Å²) in [6, 6.07) is 12.3. The van der Waals surface area contributed by atoms with Gasteiger partial charge in [-0.15, -0.1) is 11.8 Å². The summed E-state index contributed by atoms with van der Waals surface area (Å²) in [4.78, 5) is 27.3. The van der Waals surface area contributed by atoms with Gasteiger partial charge in [-0.25, -0.2) is 9.18 Å². The van der Waals surface area contributed by atoms with Gasteiger partial charge in [-0.2, -0.15) is 0 Å². The molecule has 142 valence electrons. The molecule has 0 spiro atoms. The van der Waals surface area contributed by atoms with Gasteiger partial charge in [0.15, 0.2) is 0 Å². The van der Waals surface area contributed by atoms with Crippen LogP contribution in [0.2, 0.25) is 0 Å². The number of thioether (sulfide) groups is 1. The molecule has 0 aromatic heterocycles. The van der Waals surface area contributed by atoms with Gasteiger partial charge >= 0.3 is 5.97 Å². The second-order valence-corrected chi connectivity index (χ2v) is 8.17. The predicted molar refractivity (Wildman–Crippen MR) is 107 cm³/mol.